The molecule has 1 N–H and O–H groups in total. The molecular weight excluding hydrogens is 328 g/mol. The molecule has 5 heteroatoms. The Bertz CT molecular complexity index is 846. The van der Waals surface area contributed by atoms with Gasteiger partial charge in [-0.2, -0.15) is 11.3 Å². The van der Waals surface area contributed by atoms with Gasteiger partial charge < -0.3 is 5.32 Å². The van der Waals surface area contributed by atoms with Gasteiger partial charge in [0.15, 0.2) is 0 Å². The smallest absolute Gasteiger partial charge is 0.262 e. The molecule has 0 spiro atoms. The first kappa shape index (κ1) is 14.3. The summed E-state index contributed by atoms with van der Waals surface area (Å²) in [7, 11) is 0. The number of hydrogen-bond donors (Lipinski definition) is 1. The number of carbonyl (C=O) groups is 1. The van der Waals surface area contributed by atoms with Crippen molar-refractivity contribution in [1.82, 2.24) is 0 Å². The maximum absolute atomic E-state index is 13.1. The largest absolute Gasteiger partial charge is 0.360 e. The van der Waals surface area contributed by atoms with Gasteiger partial charge in [-0.05, 0) is 53.2 Å². The summed E-state index contributed by atoms with van der Waals surface area (Å²) in [6.07, 6.45) is -0.232. The van der Waals surface area contributed by atoms with Gasteiger partial charge in [-0.3, -0.25) is 9.69 Å². The summed E-state index contributed by atoms with van der Waals surface area (Å²) in [5.41, 5.74) is 3.42. The van der Waals surface area contributed by atoms with Crippen LogP contribution >= 0.6 is 22.9 Å². The quantitative estimate of drug-likeness (QED) is 0.697. The number of anilines is 2. The van der Waals surface area contributed by atoms with E-state index in [1.54, 1.807) is 28.4 Å². The lowest BCUT2D eigenvalue weighted by Gasteiger charge is -2.37. The van der Waals surface area contributed by atoms with Gasteiger partial charge in [-0.15, -0.1) is 0 Å². The Morgan fingerprint density at radius 3 is 2.57 bits per heavy atom. The standard InChI is InChI=1S/C18H13ClN2OS/c19-13-5-7-14(8-6-13)21-17(12-9-10-23-11-12)20-16-4-2-1-3-15(16)18(21)22/h1-11,17,20H/t17-/m1/s1. The first-order valence-corrected chi connectivity index (χ1v) is 8.53. The normalized spacial score (nSPS) is 16.8. The Hall–Kier alpha value is -2.30. The predicted octanol–water partition coefficient (Wildman–Crippen LogP) is 5.17. The molecule has 2 heterocycles. The van der Waals surface area contributed by atoms with E-state index in [0.717, 1.165) is 16.9 Å². The predicted molar refractivity (Wildman–Crippen MR) is 95.4 cm³/mol. The van der Waals surface area contributed by atoms with Crippen LogP contribution in [0, 0.1) is 0 Å². The van der Waals surface area contributed by atoms with Crippen LogP contribution in [0.2, 0.25) is 5.02 Å². The molecule has 1 aromatic heterocycles. The van der Waals surface area contributed by atoms with E-state index in [-0.39, 0.29) is 12.1 Å². The molecule has 0 saturated heterocycles. The van der Waals surface area contributed by atoms with E-state index in [1.165, 1.54) is 0 Å². The second-order valence-corrected chi connectivity index (χ2v) is 6.52. The van der Waals surface area contributed by atoms with E-state index in [2.05, 4.69) is 10.7 Å². The molecule has 0 bridgehead atoms. The van der Waals surface area contributed by atoms with Gasteiger partial charge in [0.25, 0.3) is 5.91 Å². The third-order valence-electron chi connectivity index (χ3n) is 3.89. The zero-order valence-corrected chi connectivity index (χ0v) is 13.6. The maximum Gasteiger partial charge on any atom is 0.262 e. The first-order chi connectivity index (χ1) is 11.2. The van der Waals surface area contributed by atoms with Crippen molar-refractivity contribution in [2.24, 2.45) is 0 Å². The zero-order chi connectivity index (χ0) is 15.8. The van der Waals surface area contributed by atoms with Gasteiger partial charge >= 0.3 is 0 Å². The van der Waals surface area contributed by atoms with E-state index in [1.807, 2.05) is 47.8 Å². The molecule has 0 radical (unpaired) electrons. The van der Waals surface area contributed by atoms with E-state index in [4.69, 9.17) is 11.6 Å². The summed E-state index contributed by atoms with van der Waals surface area (Å²) in [5.74, 6) is -0.0159. The highest BCUT2D eigenvalue weighted by Crippen LogP contribution is 2.37. The first-order valence-electron chi connectivity index (χ1n) is 7.21. The Morgan fingerprint density at radius 2 is 1.83 bits per heavy atom. The highest BCUT2D eigenvalue weighted by molar-refractivity contribution is 7.08. The number of thiophene rings is 1. The van der Waals surface area contributed by atoms with Gasteiger partial charge in [0.05, 0.1) is 5.56 Å². The number of nitrogens with one attached hydrogen (secondary N) is 1. The number of fused-ring (bicyclic) bond motifs is 1. The second-order valence-electron chi connectivity index (χ2n) is 5.30. The van der Waals surface area contributed by atoms with Gasteiger partial charge in [0.2, 0.25) is 0 Å². The van der Waals surface area contributed by atoms with E-state index < -0.39 is 0 Å². The minimum atomic E-state index is -0.232. The summed E-state index contributed by atoms with van der Waals surface area (Å²) in [5, 5.41) is 8.20. The summed E-state index contributed by atoms with van der Waals surface area (Å²) in [6.45, 7) is 0. The molecule has 0 aliphatic carbocycles. The number of nitrogens with zero attached hydrogens (tertiary/aromatic N) is 1. The Labute approximate surface area is 143 Å². The van der Waals surface area contributed by atoms with Crippen LogP contribution < -0.4 is 10.2 Å². The zero-order valence-electron chi connectivity index (χ0n) is 12.1. The van der Waals surface area contributed by atoms with Crippen molar-refractivity contribution in [2.75, 3.05) is 10.2 Å². The minimum Gasteiger partial charge on any atom is -0.360 e. The molecule has 23 heavy (non-hydrogen) atoms. The van der Waals surface area contributed by atoms with Crippen LogP contribution in [-0.2, 0) is 0 Å². The highest BCUT2D eigenvalue weighted by Gasteiger charge is 2.34. The third-order valence-corrected chi connectivity index (χ3v) is 4.84. The number of benzene rings is 2. The number of carbonyl (C=O) groups excluding carboxylic acids is 1. The van der Waals surface area contributed by atoms with Crippen molar-refractivity contribution in [3.63, 3.8) is 0 Å². The molecule has 1 aliphatic rings. The molecule has 2 aromatic carbocycles. The maximum atomic E-state index is 13.1. The van der Waals surface area contributed by atoms with Crippen molar-refractivity contribution in [1.29, 1.82) is 0 Å². The summed E-state index contributed by atoms with van der Waals surface area (Å²) >= 11 is 7.60. The third kappa shape index (κ3) is 2.50. The van der Waals surface area contributed by atoms with Crippen LogP contribution in [0.3, 0.4) is 0 Å². The van der Waals surface area contributed by atoms with E-state index >= 15 is 0 Å². The fraction of sp³-hybridized carbons (Fsp3) is 0.0556. The SMILES string of the molecule is O=C1c2ccccc2N[C@@H](c2ccsc2)N1c1ccc(Cl)cc1. The van der Waals surface area contributed by atoms with Crippen LogP contribution in [0.15, 0.2) is 65.4 Å². The molecule has 1 amide bonds. The number of hydrogen-bond acceptors (Lipinski definition) is 3. The summed E-state index contributed by atoms with van der Waals surface area (Å²) < 4.78 is 0. The van der Waals surface area contributed by atoms with Gasteiger partial charge in [-0.1, -0.05) is 23.7 Å². The molecule has 3 nitrogen and oxygen atoms in total. The molecule has 0 fully saturated rings. The molecule has 0 unspecified atom stereocenters. The lowest BCUT2D eigenvalue weighted by Crippen LogP contribution is -2.43. The van der Waals surface area contributed by atoms with Crippen molar-refractivity contribution in [2.45, 2.75) is 6.17 Å². The molecule has 114 valence electrons. The van der Waals surface area contributed by atoms with Crippen LogP contribution in [0.5, 0.6) is 0 Å². The minimum absolute atomic E-state index is 0.0159. The molecule has 0 saturated carbocycles. The van der Waals surface area contributed by atoms with Gasteiger partial charge in [0.1, 0.15) is 6.17 Å². The lowest BCUT2D eigenvalue weighted by molar-refractivity contribution is 0.0975. The molecule has 4 rings (SSSR count). The highest BCUT2D eigenvalue weighted by atomic mass is 35.5. The van der Waals surface area contributed by atoms with Crippen LogP contribution in [0.4, 0.5) is 11.4 Å². The monoisotopic (exact) mass is 340 g/mol. The molecule has 3 aromatic rings. The van der Waals surface area contributed by atoms with Crippen molar-refractivity contribution in [3.8, 4) is 0 Å². The van der Waals surface area contributed by atoms with Crippen molar-refractivity contribution < 1.29 is 4.79 Å². The van der Waals surface area contributed by atoms with Crippen LogP contribution in [0.25, 0.3) is 0 Å². The average molecular weight is 341 g/mol. The number of rotatable bonds is 2. The fourth-order valence-electron chi connectivity index (χ4n) is 2.79. The number of para-hydroxylation sites is 1. The summed E-state index contributed by atoms with van der Waals surface area (Å²) in [4.78, 5) is 14.8. The van der Waals surface area contributed by atoms with Crippen molar-refractivity contribution in [3.05, 3.63) is 81.5 Å². The molecule has 1 aliphatic heterocycles. The lowest BCUT2D eigenvalue weighted by atomic mass is 10.0. The van der Waals surface area contributed by atoms with E-state index in [0.29, 0.717) is 10.6 Å². The number of amides is 1. The van der Waals surface area contributed by atoms with Crippen molar-refractivity contribution >= 4 is 40.2 Å². The Kier molecular flexibility index (Phi) is 3.56. The average Bonchev–Trinajstić information content (AvgIpc) is 3.10. The topological polar surface area (TPSA) is 32.3 Å². The fourth-order valence-corrected chi connectivity index (χ4v) is 3.59. The van der Waals surface area contributed by atoms with Crippen LogP contribution in [0.1, 0.15) is 22.1 Å². The van der Waals surface area contributed by atoms with Gasteiger partial charge in [0, 0.05) is 22.0 Å². The number of halogens is 1. The molecule has 1 atom stereocenters. The van der Waals surface area contributed by atoms with E-state index in [9.17, 15) is 4.79 Å². The van der Waals surface area contributed by atoms with Crippen LogP contribution in [-0.4, -0.2) is 5.91 Å². The summed E-state index contributed by atoms with van der Waals surface area (Å²) in [6, 6.07) is 17.0. The Morgan fingerprint density at radius 1 is 1.04 bits per heavy atom. The Balaban J connectivity index is 1.85. The second kappa shape index (κ2) is 5.72. The molecular formula is C18H13ClN2OS. The van der Waals surface area contributed by atoms with Gasteiger partial charge in [-0.25, -0.2) is 0 Å².